The summed E-state index contributed by atoms with van der Waals surface area (Å²) < 4.78 is 14.4. The number of aromatic nitrogens is 5. The minimum Gasteiger partial charge on any atom is -0.493 e. The Morgan fingerprint density at radius 3 is 2.88 bits per heavy atom. The van der Waals surface area contributed by atoms with Gasteiger partial charge in [0.1, 0.15) is 11.8 Å². The predicted octanol–water partition coefficient (Wildman–Crippen LogP) is 2.64. The van der Waals surface area contributed by atoms with Gasteiger partial charge in [-0.1, -0.05) is 0 Å². The Morgan fingerprint density at radius 2 is 2.06 bits per heavy atom. The van der Waals surface area contributed by atoms with Crippen LogP contribution in [-0.4, -0.2) is 62.7 Å². The molecule has 32 heavy (non-hydrogen) atoms. The molecule has 3 aromatic heterocycles. The topological polar surface area (TPSA) is 102 Å². The maximum atomic E-state index is 9.77. The molecule has 1 aromatic carbocycles. The van der Waals surface area contributed by atoms with Crippen molar-refractivity contribution in [2.75, 3.05) is 37.6 Å². The van der Waals surface area contributed by atoms with Crippen LogP contribution >= 0.6 is 0 Å². The number of ether oxygens (including phenoxy) is 2. The summed E-state index contributed by atoms with van der Waals surface area (Å²) >= 11 is 0. The van der Waals surface area contributed by atoms with Crippen LogP contribution < -0.4 is 19.7 Å². The molecule has 1 atom stereocenters. The molecule has 1 aliphatic rings. The maximum absolute atomic E-state index is 9.77. The molecule has 166 valence electrons. The Hall–Kier alpha value is -3.79. The van der Waals surface area contributed by atoms with Gasteiger partial charge in [0.2, 0.25) is 5.95 Å². The lowest BCUT2D eigenvalue weighted by atomic mass is 10.2. The summed E-state index contributed by atoms with van der Waals surface area (Å²) in [5.41, 5.74) is 1.79. The second kappa shape index (κ2) is 8.39. The van der Waals surface area contributed by atoms with Gasteiger partial charge in [-0.3, -0.25) is 0 Å². The fraction of sp³-hybridized carbons (Fsp3) is 0.318. The number of methoxy groups -OCH3 is 2. The first kappa shape index (κ1) is 20.1. The first-order chi connectivity index (χ1) is 15.7. The van der Waals surface area contributed by atoms with Gasteiger partial charge in [-0.2, -0.15) is 4.98 Å². The molecule has 1 saturated heterocycles. The lowest BCUT2D eigenvalue weighted by Gasteiger charge is -2.25. The largest absolute Gasteiger partial charge is 0.493 e. The summed E-state index contributed by atoms with van der Waals surface area (Å²) in [5, 5.41) is 17.5. The van der Waals surface area contributed by atoms with E-state index in [-0.39, 0.29) is 12.6 Å². The number of anilines is 3. The predicted molar refractivity (Wildman–Crippen MR) is 120 cm³/mol. The summed E-state index contributed by atoms with van der Waals surface area (Å²) in [6, 6.07) is 9.65. The van der Waals surface area contributed by atoms with E-state index >= 15 is 0 Å². The van der Waals surface area contributed by atoms with Crippen molar-refractivity contribution in [3.8, 4) is 17.2 Å². The number of aliphatic hydroxyl groups excluding tert-OH is 1. The van der Waals surface area contributed by atoms with Crippen LogP contribution in [0.3, 0.4) is 0 Å². The van der Waals surface area contributed by atoms with Gasteiger partial charge >= 0.3 is 0 Å². The van der Waals surface area contributed by atoms with Crippen molar-refractivity contribution in [1.29, 1.82) is 0 Å². The number of rotatable bonds is 7. The average molecular weight is 435 g/mol. The van der Waals surface area contributed by atoms with Crippen molar-refractivity contribution < 1.29 is 14.6 Å². The molecule has 0 saturated carbocycles. The highest BCUT2D eigenvalue weighted by atomic mass is 16.5. The molecule has 10 nitrogen and oxygen atoms in total. The zero-order valence-electron chi connectivity index (χ0n) is 18.0. The molecule has 5 rings (SSSR count). The fourth-order valence-corrected chi connectivity index (χ4v) is 4.12. The SMILES string of the molecule is COc1ccc(-n2cnc(Nc3nc(N4CCCC4CO)c4cccn4n3)c2)cc1OC. The van der Waals surface area contributed by atoms with Gasteiger partial charge in [0.05, 0.1) is 38.8 Å². The van der Waals surface area contributed by atoms with Gasteiger partial charge in [-0.05, 0) is 37.1 Å². The molecule has 1 fully saturated rings. The molecule has 2 N–H and O–H groups in total. The van der Waals surface area contributed by atoms with Crippen molar-refractivity contribution in [3.05, 3.63) is 49.1 Å². The first-order valence-electron chi connectivity index (χ1n) is 10.5. The molecule has 0 bridgehead atoms. The maximum Gasteiger partial charge on any atom is 0.248 e. The minimum atomic E-state index is 0.0701. The Bertz CT molecular complexity index is 1240. The standard InChI is InChI=1S/C22H25N7O3/c1-31-18-8-7-15(11-19(18)32-2)27-12-20(23-14-27)24-22-25-21(17-6-4-10-29(17)26-22)28-9-3-5-16(28)13-30/h4,6-8,10-12,14,16,30H,3,5,9,13H2,1-2H3,(H,24,26). The average Bonchev–Trinajstić information content (AvgIpc) is 3.58. The highest BCUT2D eigenvalue weighted by molar-refractivity contribution is 5.71. The van der Waals surface area contributed by atoms with E-state index in [0.29, 0.717) is 23.3 Å². The zero-order chi connectivity index (χ0) is 22.1. The Morgan fingerprint density at radius 1 is 1.19 bits per heavy atom. The lowest BCUT2D eigenvalue weighted by Crippen LogP contribution is -2.33. The van der Waals surface area contributed by atoms with Gasteiger partial charge in [0.15, 0.2) is 23.1 Å². The molecule has 1 unspecified atom stereocenters. The van der Waals surface area contributed by atoms with Crippen molar-refractivity contribution in [3.63, 3.8) is 0 Å². The second-order valence-corrected chi connectivity index (χ2v) is 7.60. The van der Waals surface area contributed by atoms with Gasteiger partial charge in [0.25, 0.3) is 0 Å². The number of benzene rings is 1. The molecule has 0 amide bonds. The van der Waals surface area contributed by atoms with Crippen molar-refractivity contribution in [2.24, 2.45) is 0 Å². The number of imidazole rings is 1. The molecule has 0 aliphatic carbocycles. The Balaban J connectivity index is 1.44. The molecule has 1 aliphatic heterocycles. The van der Waals surface area contributed by atoms with Crippen LogP contribution in [0.1, 0.15) is 12.8 Å². The number of nitrogens with zero attached hydrogens (tertiary/aromatic N) is 6. The molecule has 4 aromatic rings. The van der Waals surface area contributed by atoms with Crippen LogP contribution in [0.5, 0.6) is 11.5 Å². The molecule has 4 heterocycles. The molecule has 10 heteroatoms. The van der Waals surface area contributed by atoms with Gasteiger partial charge in [-0.15, -0.1) is 5.10 Å². The number of fused-ring (bicyclic) bond motifs is 1. The van der Waals surface area contributed by atoms with Gasteiger partial charge in [0, 0.05) is 18.8 Å². The molecular formula is C22H25N7O3. The Labute approximate surface area is 185 Å². The van der Waals surface area contributed by atoms with Gasteiger partial charge in [-0.25, -0.2) is 9.50 Å². The van der Waals surface area contributed by atoms with E-state index < -0.39 is 0 Å². The highest BCUT2D eigenvalue weighted by Crippen LogP contribution is 2.30. The first-order valence-corrected chi connectivity index (χ1v) is 10.5. The molecule has 0 spiro atoms. The fourth-order valence-electron chi connectivity index (χ4n) is 4.12. The molecule has 0 radical (unpaired) electrons. The number of nitrogens with one attached hydrogen (secondary N) is 1. The smallest absolute Gasteiger partial charge is 0.248 e. The van der Waals surface area contributed by atoms with Crippen LogP contribution in [-0.2, 0) is 0 Å². The monoisotopic (exact) mass is 435 g/mol. The summed E-state index contributed by atoms with van der Waals surface area (Å²) in [6.07, 6.45) is 7.43. The summed E-state index contributed by atoms with van der Waals surface area (Å²) in [5.74, 6) is 3.16. The zero-order valence-corrected chi connectivity index (χ0v) is 18.0. The third kappa shape index (κ3) is 3.58. The van der Waals surface area contributed by atoms with Crippen molar-refractivity contribution >= 4 is 23.1 Å². The van der Waals surface area contributed by atoms with E-state index in [4.69, 9.17) is 14.5 Å². The normalized spacial score (nSPS) is 16.0. The lowest BCUT2D eigenvalue weighted by molar-refractivity contribution is 0.266. The van der Waals surface area contributed by atoms with E-state index in [1.54, 1.807) is 25.1 Å². The van der Waals surface area contributed by atoms with Crippen LogP contribution in [0.15, 0.2) is 49.1 Å². The third-order valence-corrected chi connectivity index (χ3v) is 5.72. The van der Waals surface area contributed by atoms with Crippen LogP contribution in [0, 0.1) is 0 Å². The van der Waals surface area contributed by atoms with Crippen LogP contribution in [0.2, 0.25) is 0 Å². The summed E-state index contributed by atoms with van der Waals surface area (Å²) in [7, 11) is 3.22. The van der Waals surface area contributed by atoms with E-state index in [1.807, 2.05) is 47.3 Å². The quantitative estimate of drug-likeness (QED) is 0.457. The Kier molecular flexibility index (Phi) is 5.28. The summed E-state index contributed by atoms with van der Waals surface area (Å²) in [6.45, 7) is 0.964. The second-order valence-electron chi connectivity index (χ2n) is 7.60. The van der Waals surface area contributed by atoms with Crippen LogP contribution in [0.4, 0.5) is 17.6 Å². The minimum absolute atomic E-state index is 0.0701. The van der Waals surface area contributed by atoms with E-state index in [9.17, 15) is 5.11 Å². The van der Waals surface area contributed by atoms with E-state index in [2.05, 4.69) is 20.3 Å². The van der Waals surface area contributed by atoms with E-state index in [0.717, 1.165) is 36.4 Å². The third-order valence-electron chi connectivity index (χ3n) is 5.72. The number of hydrogen-bond donors (Lipinski definition) is 2. The van der Waals surface area contributed by atoms with Crippen molar-refractivity contribution in [1.82, 2.24) is 24.1 Å². The van der Waals surface area contributed by atoms with E-state index in [1.165, 1.54) is 0 Å². The summed E-state index contributed by atoms with van der Waals surface area (Å²) in [4.78, 5) is 11.4. The number of aliphatic hydroxyl groups is 1. The number of hydrogen-bond acceptors (Lipinski definition) is 8. The van der Waals surface area contributed by atoms with Crippen LogP contribution in [0.25, 0.3) is 11.2 Å². The van der Waals surface area contributed by atoms with Crippen molar-refractivity contribution in [2.45, 2.75) is 18.9 Å². The van der Waals surface area contributed by atoms with Gasteiger partial charge < -0.3 is 29.4 Å². The highest BCUT2D eigenvalue weighted by Gasteiger charge is 2.27. The molecular weight excluding hydrogens is 410 g/mol.